The van der Waals surface area contributed by atoms with E-state index < -0.39 is 5.69 Å². The monoisotopic (exact) mass is 636 g/mol. The van der Waals surface area contributed by atoms with E-state index in [2.05, 4.69) is 31.9 Å². The highest BCUT2D eigenvalue weighted by Gasteiger charge is 2.17. The van der Waals surface area contributed by atoms with Crippen LogP contribution >= 0.6 is 46.4 Å². The molecule has 1 N–H and O–H groups in total. The molecule has 11 nitrogen and oxygen atoms in total. The Hall–Kier alpha value is -4.03. The molecule has 2 heterocycles. The van der Waals surface area contributed by atoms with Gasteiger partial charge in [0.25, 0.3) is 0 Å². The minimum absolute atomic E-state index is 0.0299. The molecule has 2 aromatic carbocycles. The standard InChI is InChI=1S/C26H20Cl4N6O5/c1-13-31-11-20(24(34-13)38-3)32-9-14-5-16(27)7-18(29)22(14)40-41-23-15(6-17(28)8-19(23)30)10-33-21-12-36(2)26(37)35-25(21)39-4/h5-12,34H,1H2,2-4H3. The van der Waals surface area contributed by atoms with Gasteiger partial charge in [0.05, 0.1) is 30.5 Å². The SMILES string of the molecule is C=C1N=CC(N=Cc2cc(Cl)cc(Cl)c2OOc2c(Cl)cc(Cl)cc2C=Nc2cn(C)c(=O)nc2OC)=C(OC)N1. The average Bonchev–Trinajstić information content (AvgIpc) is 2.92. The van der Waals surface area contributed by atoms with Crippen molar-refractivity contribution < 1.29 is 19.2 Å². The molecule has 0 spiro atoms. The number of hydrogen-bond acceptors (Lipinski definition) is 10. The van der Waals surface area contributed by atoms with Crippen molar-refractivity contribution in [2.45, 2.75) is 0 Å². The van der Waals surface area contributed by atoms with Crippen LogP contribution in [0.5, 0.6) is 17.4 Å². The van der Waals surface area contributed by atoms with Crippen molar-refractivity contribution in [3.63, 3.8) is 0 Å². The third-order valence-corrected chi connectivity index (χ3v) is 6.23. The van der Waals surface area contributed by atoms with Crippen molar-refractivity contribution in [2.75, 3.05) is 14.2 Å². The summed E-state index contributed by atoms with van der Waals surface area (Å²) < 4.78 is 11.7. The van der Waals surface area contributed by atoms with Gasteiger partial charge in [-0.25, -0.2) is 19.8 Å². The Labute approximate surface area is 253 Å². The fourth-order valence-corrected chi connectivity index (χ4v) is 4.40. The predicted molar refractivity (Wildman–Crippen MR) is 160 cm³/mol. The summed E-state index contributed by atoms with van der Waals surface area (Å²) >= 11 is 25.3. The van der Waals surface area contributed by atoms with Crippen LogP contribution in [0.15, 0.2) is 74.2 Å². The molecule has 0 amide bonds. The van der Waals surface area contributed by atoms with E-state index in [1.807, 2.05) is 0 Å². The number of aryl methyl sites for hydroxylation is 1. The van der Waals surface area contributed by atoms with E-state index in [1.165, 1.54) is 62.8 Å². The number of aliphatic imine (C=N–C) groups is 3. The molecule has 1 aliphatic rings. The van der Waals surface area contributed by atoms with Gasteiger partial charge in [0.2, 0.25) is 23.3 Å². The minimum atomic E-state index is -0.504. The topological polar surface area (TPSA) is 121 Å². The Bertz CT molecular complexity index is 1700. The lowest BCUT2D eigenvalue weighted by Crippen LogP contribution is -2.19. The van der Waals surface area contributed by atoms with Crippen LogP contribution in [0.3, 0.4) is 0 Å². The number of ether oxygens (including phenoxy) is 2. The predicted octanol–water partition coefficient (Wildman–Crippen LogP) is 5.91. The van der Waals surface area contributed by atoms with E-state index >= 15 is 0 Å². The molecule has 0 saturated carbocycles. The van der Waals surface area contributed by atoms with Crippen molar-refractivity contribution in [2.24, 2.45) is 22.0 Å². The first kappa shape index (κ1) is 29.9. The number of benzene rings is 2. The summed E-state index contributed by atoms with van der Waals surface area (Å²) in [6.07, 6.45) is 5.77. The van der Waals surface area contributed by atoms with Gasteiger partial charge in [-0.15, -0.1) is 0 Å². The lowest BCUT2D eigenvalue weighted by atomic mass is 10.2. The molecule has 0 bridgehead atoms. The van der Waals surface area contributed by atoms with E-state index in [0.29, 0.717) is 38.6 Å². The van der Waals surface area contributed by atoms with Gasteiger partial charge >= 0.3 is 5.69 Å². The van der Waals surface area contributed by atoms with Gasteiger partial charge in [-0.2, -0.15) is 4.98 Å². The van der Waals surface area contributed by atoms with Crippen molar-refractivity contribution in [1.29, 1.82) is 0 Å². The zero-order valence-corrected chi connectivity index (χ0v) is 24.6. The number of aromatic nitrogens is 2. The van der Waals surface area contributed by atoms with Gasteiger partial charge < -0.3 is 14.8 Å². The van der Waals surface area contributed by atoms with Gasteiger partial charge in [0, 0.05) is 46.8 Å². The zero-order valence-electron chi connectivity index (χ0n) is 21.6. The summed E-state index contributed by atoms with van der Waals surface area (Å²) in [7, 11) is 4.38. The van der Waals surface area contributed by atoms with Gasteiger partial charge in [-0.3, -0.25) is 14.3 Å². The normalized spacial score (nSPS) is 13.2. The van der Waals surface area contributed by atoms with E-state index in [4.69, 9.17) is 65.7 Å². The van der Waals surface area contributed by atoms with Gasteiger partial charge in [0.1, 0.15) is 17.2 Å². The molecular weight excluding hydrogens is 618 g/mol. The first-order valence-electron chi connectivity index (χ1n) is 11.4. The lowest BCUT2D eigenvalue weighted by Gasteiger charge is -2.15. The number of allylic oxidation sites excluding steroid dienone is 1. The number of halogens is 4. The van der Waals surface area contributed by atoms with Crippen molar-refractivity contribution in [3.8, 4) is 17.4 Å². The minimum Gasteiger partial charge on any atom is -0.481 e. The smallest absolute Gasteiger partial charge is 0.350 e. The highest BCUT2D eigenvalue weighted by Crippen LogP contribution is 2.36. The second kappa shape index (κ2) is 13.1. The van der Waals surface area contributed by atoms with Crippen molar-refractivity contribution in [1.82, 2.24) is 14.9 Å². The Balaban J connectivity index is 1.67. The molecule has 0 atom stereocenters. The van der Waals surface area contributed by atoms with Crippen LogP contribution in [0.2, 0.25) is 20.1 Å². The van der Waals surface area contributed by atoms with Gasteiger partial charge in [-0.1, -0.05) is 53.0 Å². The Kier molecular flexibility index (Phi) is 9.56. The summed E-state index contributed by atoms with van der Waals surface area (Å²) in [5.41, 5.74) is 0.842. The van der Waals surface area contributed by atoms with E-state index in [1.54, 1.807) is 12.1 Å². The molecule has 0 unspecified atom stereocenters. The first-order valence-corrected chi connectivity index (χ1v) is 12.9. The molecule has 15 heteroatoms. The van der Waals surface area contributed by atoms with Crippen LogP contribution in [0, 0.1) is 0 Å². The summed E-state index contributed by atoms with van der Waals surface area (Å²) in [5, 5.41) is 3.74. The number of nitrogens with zero attached hydrogens (tertiary/aromatic N) is 5. The second-order valence-corrected chi connectivity index (χ2v) is 9.76. The molecule has 0 radical (unpaired) electrons. The Morgan fingerprint density at radius 2 is 1.51 bits per heavy atom. The zero-order chi connectivity index (χ0) is 29.7. The van der Waals surface area contributed by atoms with Crippen LogP contribution in [0.25, 0.3) is 0 Å². The molecule has 0 fully saturated rings. The highest BCUT2D eigenvalue weighted by atomic mass is 35.5. The van der Waals surface area contributed by atoms with Crippen LogP contribution in [0.4, 0.5) is 5.69 Å². The Morgan fingerprint density at radius 3 is 2.07 bits per heavy atom. The van der Waals surface area contributed by atoms with E-state index in [9.17, 15) is 4.79 Å². The van der Waals surface area contributed by atoms with Crippen LogP contribution < -0.4 is 25.5 Å². The number of methoxy groups -OCH3 is 2. The Morgan fingerprint density at radius 1 is 0.927 bits per heavy atom. The second-order valence-electron chi connectivity index (χ2n) is 8.07. The lowest BCUT2D eigenvalue weighted by molar-refractivity contribution is -0.0999. The summed E-state index contributed by atoms with van der Waals surface area (Å²) in [6.45, 7) is 3.72. The number of rotatable bonds is 9. The molecule has 0 aliphatic carbocycles. The van der Waals surface area contributed by atoms with Crippen LogP contribution in [-0.4, -0.2) is 42.4 Å². The maximum atomic E-state index is 11.8. The third-order valence-electron chi connectivity index (χ3n) is 5.23. The summed E-state index contributed by atoms with van der Waals surface area (Å²) in [5.74, 6) is 0.922. The maximum Gasteiger partial charge on any atom is 0.350 e. The molecule has 0 saturated heterocycles. The van der Waals surface area contributed by atoms with Crippen LogP contribution in [-0.2, 0) is 11.8 Å². The number of hydrogen-bond donors (Lipinski definition) is 1. The van der Waals surface area contributed by atoms with Crippen molar-refractivity contribution in [3.05, 3.63) is 96.1 Å². The molecule has 212 valence electrons. The molecule has 41 heavy (non-hydrogen) atoms. The highest BCUT2D eigenvalue weighted by molar-refractivity contribution is 6.37. The fraction of sp³-hybridized carbons (Fsp3) is 0.115. The molecule has 1 aliphatic heterocycles. The number of nitrogens with one attached hydrogen (secondary N) is 1. The summed E-state index contributed by atoms with van der Waals surface area (Å²) in [6, 6.07) is 6.05. The fourth-order valence-electron chi connectivity index (χ4n) is 3.32. The molecular formula is C26H20Cl4N6O5. The average molecular weight is 638 g/mol. The van der Waals surface area contributed by atoms with Gasteiger partial charge in [0.15, 0.2) is 0 Å². The quantitative estimate of drug-likeness (QED) is 0.176. The molecule has 3 aromatic rings. The van der Waals surface area contributed by atoms with E-state index in [0.717, 1.165) is 0 Å². The first-order chi connectivity index (χ1) is 19.6. The van der Waals surface area contributed by atoms with E-state index in [-0.39, 0.29) is 33.1 Å². The molecule has 4 rings (SSSR count). The maximum absolute atomic E-state index is 11.8. The van der Waals surface area contributed by atoms with Gasteiger partial charge in [-0.05, 0) is 24.3 Å². The third kappa shape index (κ3) is 7.19. The largest absolute Gasteiger partial charge is 0.481 e. The summed E-state index contributed by atoms with van der Waals surface area (Å²) in [4.78, 5) is 39.8. The molecule has 1 aromatic heterocycles. The van der Waals surface area contributed by atoms with Crippen molar-refractivity contribution >= 4 is 70.7 Å². The van der Waals surface area contributed by atoms with Crippen LogP contribution in [0.1, 0.15) is 11.1 Å².